The van der Waals surface area contributed by atoms with Crippen molar-refractivity contribution in [3.8, 4) is 11.3 Å². The molecule has 2 heterocycles. The lowest BCUT2D eigenvalue weighted by Gasteiger charge is -2.14. The number of furan rings is 1. The number of amides is 1. The van der Waals surface area contributed by atoms with Crippen LogP contribution in [0.1, 0.15) is 25.0 Å². The first-order chi connectivity index (χ1) is 14.3. The Bertz CT molecular complexity index is 1070. The molecule has 1 N–H and O–H groups in total. The first kappa shape index (κ1) is 20.7. The molecule has 30 heavy (non-hydrogen) atoms. The molecule has 9 heteroatoms. The molecule has 5 nitrogen and oxygen atoms in total. The highest BCUT2D eigenvalue weighted by molar-refractivity contribution is 8.26. The third-order valence-electron chi connectivity index (χ3n) is 5.19. The molecule has 1 amide bonds. The minimum atomic E-state index is -0.965. The van der Waals surface area contributed by atoms with E-state index in [2.05, 4.69) is 0 Å². The molecular formula is C21H17F2NO4S2. The Labute approximate surface area is 180 Å². The highest BCUT2D eigenvalue weighted by atomic mass is 32.2. The molecule has 2 unspecified atom stereocenters. The monoisotopic (exact) mass is 449 g/mol. The molecule has 1 aliphatic heterocycles. The Morgan fingerprint density at radius 1 is 1.27 bits per heavy atom. The van der Waals surface area contributed by atoms with E-state index in [9.17, 15) is 18.4 Å². The number of thiocarbonyl (C=S) groups is 1. The lowest BCUT2D eigenvalue weighted by Crippen LogP contribution is -2.30. The molecule has 1 saturated heterocycles. The summed E-state index contributed by atoms with van der Waals surface area (Å²) in [6, 6.07) is 6.76. The normalized spacial score (nSPS) is 22.2. The average Bonchev–Trinajstić information content (AvgIpc) is 3.19. The van der Waals surface area contributed by atoms with Gasteiger partial charge < -0.3 is 9.52 Å². The summed E-state index contributed by atoms with van der Waals surface area (Å²) in [5.41, 5.74) is 0.391. The van der Waals surface area contributed by atoms with Crippen LogP contribution < -0.4 is 0 Å². The van der Waals surface area contributed by atoms with E-state index >= 15 is 0 Å². The van der Waals surface area contributed by atoms with Crippen molar-refractivity contribution in [3.05, 3.63) is 52.6 Å². The summed E-state index contributed by atoms with van der Waals surface area (Å²) in [5.74, 6) is -1.57. The number of carbonyl (C=O) groups excluding carboxylic acids is 1. The molecule has 2 atom stereocenters. The lowest BCUT2D eigenvalue weighted by molar-refractivity contribution is -0.137. The summed E-state index contributed by atoms with van der Waals surface area (Å²) in [5, 5.41) is 8.78. The van der Waals surface area contributed by atoms with Gasteiger partial charge in [-0.05, 0) is 55.0 Å². The number of nitrogens with zero attached hydrogens (tertiary/aromatic N) is 1. The van der Waals surface area contributed by atoms with Gasteiger partial charge in [0.25, 0.3) is 5.91 Å². The molecule has 0 bridgehead atoms. The van der Waals surface area contributed by atoms with Crippen molar-refractivity contribution < 1.29 is 27.9 Å². The van der Waals surface area contributed by atoms with Gasteiger partial charge >= 0.3 is 5.97 Å². The van der Waals surface area contributed by atoms with Crippen molar-refractivity contribution in [2.45, 2.75) is 19.3 Å². The summed E-state index contributed by atoms with van der Waals surface area (Å²) in [7, 11) is 0. The van der Waals surface area contributed by atoms with E-state index in [1.807, 2.05) is 0 Å². The molecule has 4 rings (SSSR count). The van der Waals surface area contributed by atoms with Crippen LogP contribution in [-0.2, 0) is 9.59 Å². The number of benzene rings is 1. The lowest BCUT2D eigenvalue weighted by atomic mass is 10.1. The van der Waals surface area contributed by atoms with Crippen LogP contribution in [0.3, 0.4) is 0 Å². The molecule has 1 aliphatic carbocycles. The molecule has 1 saturated carbocycles. The highest BCUT2D eigenvalue weighted by Gasteiger charge is 2.42. The van der Waals surface area contributed by atoms with E-state index in [1.54, 1.807) is 23.1 Å². The second kappa shape index (κ2) is 8.31. The number of rotatable bonds is 7. The molecule has 2 aromatic rings. The summed E-state index contributed by atoms with van der Waals surface area (Å²) in [6.07, 6.45) is 3.23. The zero-order chi connectivity index (χ0) is 21.4. The second-order valence-corrected chi connectivity index (χ2v) is 8.99. The number of carboxylic acids is 1. The molecule has 2 aliphatic rings. The zero-order valence-corrected chi connectivity index (χ0v) is 17.3. The molecule has 0 radical (unpaired) electrons. The van der Waals surface area contributed by atoms with Gasteiger partial charge in [0, 0.05) is 24.6 Å². The van der Waals surface area contributed by atoms with Crippen molar-refractivity contribution in [2.75, 3.05) is 6.54 Å². The number of halogens is 2. The van der Waals surface area contributed by atoms with E-state index in [1.165, 1.54) is 17.8 Å². The molecule has 0 spiro atoms. The second-order valence-electron chi connectivity index (χ2n) is 7.31. The van der Waals surface area contributed by atoms with Crippen molar-refractivity contribution in [1.82, 2.24) is 4.90 Å². The van der Waals surface area contributed by atoms with Gasteiger partial charge in [0.2, 0.25) is 0 Å². The largest absolute Gasteiger partial charge is 0.481 e. The van der Waals surface area contributed by atoms with Crippen LogP contribution >= 0.6 is 24.0 Å². The number of carbonyl (C=O) groups is 2. The molecule has 156 valence electrons. The maximum Gasteiger partial charge on any atom is 0.303 e. The maximum absolute atomic E-state index is 13.4. The Hall–Kier alpha value is -2.52. The molecule has 1 aromatic carbocycles. The number of hydrogen-bond donors (Lipinski definition) is 1. The van der Waals surface area contributed by atoms with Gasteiger partial charge in [-0.25, -0.2) is 8.78 Å². The van der Waals surface area contributed by atoms with E-state index in [4.69, 9.17) is 21.7 Å². The SMILES string of the molecule is O=C(O)CCC1CC1CN1C(=O)C(=Cc2ccc(-c3ccc(F)c(F)c3)o2)SC1=S. The Morgan fingerprint density at radius 3 is 2.80 bits per heavy atom. The van der Waals surface area contributed by atoms with Crippen LogP contribution in [-0.4, -0.2) is 32.7 Å². The fourth-order valence-electron chi connectivity index (χ4n) is 3.45. The minimum absolute atomic E-state index is 0.137. The van der Waals surface area contributed by atoms with Crippen molar-refractivity contribution in [2.24, 2.45) is 11.8 Å². The Morgan fingerprint density at radius 2 is 2.07 bits per heavy atom. The Kier molecular flexibility index (Phi) is 5.75. The van der Waals surface area contributed by atoms with Gasteiger partial charge in [-0.15, -0.1) is 0 Å². The van der Waals surface area contributed by atoms with Crippen molar-refractivity contribution in [3.63, 3.8) is 0 Å². The first-order valence-corrected chi connectivity index (χ1v) is 10.6. The predicted molar refractivity (Wildman–Crippen MR) is 112 cm³/mol. The Balaban J connectivity index is 1.42. The molecule has 1 aromatic heterocycles. The topological polar surface area (TPSA) is 70.8 Å². The number of aliphatic carboxylic acids is 1. The fraction of sp³-hybridized carbons (Fsp3) is 0.286. The quantitative estimate of drug-likeness (QED) is 0.478. The maximum atomic E-state index is 13.4. The summed E-state index contributed by atoms with van der Waals surface area (Å²) in [4.78, 5) is 25.4. The van der Waals surface area contributed by atoms with Gasteiger partial charge in [0.05, 0.1) is 4.91 Å². The molecular weight excluding hydrogens is 432 g/mol. The number of hydrogen-bond acceptors (Lipinski definition) is 5. The third kappa shape index (κ3) is 4.46. The third-order valence-corrected chi connectivity index (χ3v) is 6.57. The molecule has 2 fully saturated rings. The number of carboxylic acid groups (broad SMARTS) is 1. The van der Waals surface area contributed by atoms with E-state index < -0.39 is 17.6 Å². The fourth-order valence-corrected chi connectivity index (χ4v) is 4.71. The van der Waals surface area contributed by atoms with Crippen LogP contribution in [0, 0.1) is 23.5 Å². The van der Waals surface area contributed by atoms with Crippen LogP contribution in [0.25, 0.3) is 17.4 Å². The van der Waals surface area contributed by atoms with Gasteiger partial charge in [-0.1, -0.05) is 24.0 Å². The van der Waals surface area contributed by atoms with Gasteiger partial charge in [-0.2, -0.15) is 0 Å². The van der Waals surface area contributed by atoms with Gasteiger partial charge in [0.1, 0.15) is 15.8 Å². The highest BCUT2D eigenvalue weighted by Crippen LogP contribution is 2.44. The summed E-state index contributed by atoms with van der Waals surface area (Å²) < 4.78 is 32.7. The standard InChI is InChI=1S/C21H17F2NO4S2/c22-15-4-1-12(8-16(15)23)17-5-3-14(28-17)9-18-20(27)24(21(29)30-18)10-13-7-11(13)2-6-19(25)26/h1,3-5,8-9,11,13H,2,6-7,10H2,(H,25,26). The van der Waals surface area contributed by atoms with Gasteiger partial charge in [0.15, 0.2) is 11.6 Å². The average molecular weight is 450 g/mol. The van der Waals surface area contributed by atoms with Crippen molar-refractivity contribution >= 4 is 46.3 Å². The summed E-state index contributed by atoms with van der Waals surface area (Å²) in [6.45, 7) is 0.491. The van der Waals surface area contributed by atoms with Crippen LogP contribution in [0.2, 0.25) is 0 Å². The first-order valence-electron chi connectivity index (χ1n) is 9.34. The minimum Gasteiger partial charge on any atom is -0.481 e. The predicted octanol–water partition coefficient (Wildman–Crippen LogP) is 4.93. The smallest absolute Gasteiger partial charge is 0.303 e. The van der Waals surface area contributed by atoms with E-state index in [-0.39, 0.29) is 18.2 Å². The summed E-state index contributed by atoms with van der Waals surface area (Å²) >= 11 is 6.52. The van der Waals surface area contributed by atoms with E-state index in [0.717, 1.165) is 18.6 Å². The number of thioether (sulfide) groups is 1. The van der Waals surface area contributed by atoms with Crippen LogP contribution in [0.4, 0.5) is 8.78 Å². The van der Waals surface area contributed by atoms with Crippen LogP contribution in [0.5, 0.6) is 0 Å². The van der Waals surface area contributed by atoms with Gasteiger partial charge in [-0.3, -0.25) is 14.5 Å². The van der Waals surface area contributed by atoms with E-state index in [0.29, 0.717) is 45.2 Å². The van der Waals surface area contributed by atoms with Crippen molar-refractivity contribution in [1.29, 1.82) is 0 Å². The zero-order valence-electron chi connectivity index (χ0n) is 15.6. The van der Waals surface area contributed by atoms with Crippen LogP contribution in [0.15, 0.2) is 39.7 Å².